The number of pyridine rings is 2. The van der Waals surface area contributed by atoms with E-state index < -0.39 is 16.1 Å². The topological polar surface area (TPSA) is 95.5 Å². The first-order chi connectivity index (χ1) is 15.3. The van der Waals surface area contributed by atoms with Crippen LogP contribution in [0.3, 0.4) is 0 Å². The summed E-state index contributed by atoms with van der Waals surface area (Å²) in [5, 5.41) is 4.06. The van der Waals surface area contributed by atoms with Gasteiger partial charge in [0, 0.05) is 44.0 Å². The second-order valence-electron chi connectivity index (χ2n) is 7.81. The first kappa shape index (κ1) is 22.6. The summed E-state index contributed by atoms with van der Waals surface area (Å²) >= 11 is 5.83. The van der Waals surface area contributed by atoms with E-state index >= 15 is 0 Å². The highest BCUT2D eigenvalue weighted by Crippen LogP contribution is 2.26. The third kappa shape index (κ3) is 4.61. The largest absolute Gasteiger partial charge is 0.309 e. The van der Waals surface area contributed by atoms with Crippen molar-refractivity contribution in [3.8, 4) is 0 Å². The molecule has 0 aliphatic carbocycles. The van der Waals surface area contributed by atoms with Crippen molar-refractivity contribution in [2.45, 2.75) is 24.8 Å². The number of hydrogen-bond acceptors (Lipinski definition) is 6. The van der Waals surface area contributed by atoms with Crippen LogP contribution in [0.15, 0.2) is 53.7 Å². The molecule has 32 heavy (non-hydrogen) atoms. The molecule has 1 saturated heterocycles. The van der Waals surface area contributed by atoms with E-state index in [-0.39, 0.29) is 10.8 Å². The van der Waals surface area contributed by atoms with E-state index in [1.807, 2.05) is 24.0 Å². The third-order valence-electron chi connectivity index (χ3n) is 5.61. The molecule has 1 aromatic carbocycles. The fraction of sp³-hybridized carbons (Fsp3) is 0.318. The fourth-order valence-electron chi connectivity index (χ4n) is 3.77. The molecule has 4 rings (SSSR count). The summed E-state index contributed by atoms with van der Waals surface area (Å²) in [5.74, 6) is 0.218. The van der Waals surface area contributed by atoms with Crippen LogP contribution in [0, 0.1) is 6.92 Å². The molecule has 1 amide bonds. The molecule has 0 spiro atoms. The zero-order valence-corrected chi connectivity index (χ0v) is 19.4. The summed E-state index contributed by atoms with van der Waals surface area (Å²) in [6.07, 6.45) is 3.14. The Morgan fingerprint density at radius 1 is 1.09 bits per heavy atom. The SMILES string of the molecule is Cc1cnc2c(S(=O)(=O)N3CCN([C@H](C)C(=O)Nc4ccc(Cl)cn4)CC3)cccc2c1. The molecule has 1 aliphatic rings. The molecule has 2 aromatic heterocycles. The van der Waals surface area contributed by atoms with Gasteiger partial charge in [-0.2, -0.15) is 4.31 Å². The van der Waals surface area contributed by atoms with Crippen LogP contribution in [0.2, 0.25) is 5.02 Å². The quantitative estimate of drug-likeness (QED) is 0.612. The van der Waals surface area contributed by atoms with Crippen LogP contribution < -0.4 is 5.32 Å². The van der Waals surface area contributed by atoms with E-state index in [4.69, 9.17) is 11.6 Å². The number of anilines is 1. The van der Waals surface area contributed by atoms with E-state index in [2.05, 4.69) is 15.3 Å². The first-order valence-electron chi connectivity index (χ1n) is 10.3. The molecule has 168 valence electrons. The number of sulfonamides is 1. The van der Waals surface area contributed by atoms with Crippen molar-refractivity contribution in [1.29, 1.82) is 0 Å². The minimum atomic E-state index is -3.70. The summed E-state index contributed by atoms with van der Waals surface area (Å²) in [7, 11) is -3.70. The Kier molecular flexibility index (Phi) is 6.43. The van der Waals surface area contributed by atoms with Gasteiger partial charge in [-0.25, -0.2) is 13.4 Å². The van der Waals surface area contributed by atoms with Crippen LogP contribution in [0.5, 0.6) is 0 Å². The molecule has 10 heteroatoms. The van der Waals surface area contributed by atoms with E-state index in [0.717, 1.165) is 10.9 Å². The van der Waals surface area contributed by atoms with Gasteiger partial charge < -0.3 is 5.32 Å². The highest BCUT2D eigenvalue weighted by atomic mass is 35.5. The summed E-state index contributed by atoms with van der Waals surface area (Å²) in [6, 6.07) is 9.99. The molecule has 0 saturated carbocycles. The van der Waals surface area contributed by atoms with Crippen LogP contribution in [-0.2, 0) is 14.8 Å². The molecular weight excluding hydrogens is 450 g/mol. The highest BCUT2D eigenvalue weighted by Gasteiger charge is 2.33. The van der Waals surface area contributed by atoms with Gasteiger partial charge in [-0.3, -0.25) is 14.7 Å². The number of rotatable bonds is 5. The van der Waals surface area contributed by atoms with Gasteiger partial charge in [-0.1, -0.05) is 23.7 Å². The van der Waals surface area contributed by atoms with Gasteiger partial charge in [0.15, 0.2) is 0 Å². The average molecular weight is 474 g/mol. The van der Waals surface area contributed by atoms with Crippen molar-refractivity contribution < 1.29 is 13.2 Å². The summed E-state index contributed by atoms with van der Waals surface area (Å²) in [6.45, 7) is 5.20. The minimum absolute atomic E-state index is 0.204. The van der Waals surface area contributed by atoms with Gasteiger partial charge in [-0.05, 0) is 43.7 Å². The number of amides is 1. The highest BCUT2D eigenvalue weighted by molar-refractivity contribution is 7.89. The lowest BCUT2D eigenvalue weighted by Crippen LogP contribution is -2.54. The third-order valence-corrected chi connectivity index (χ3v) is 7.76. The van der Waals surface area contributed by atoms with Gasteiger partial charge in [0.2, 0.25) is 15.9 Å². The molecule has 8 nitrogen and oxygen atoms in total. The molecule has 0 radical (unpaired) electrons. The molecule has 3 heterocycles. The van der Waals surface area contributed by atoms with Crippen molar-refractivity contribution in [2.24, 2.45) is 0 Å². The Balaban J connectivity index is 1.44. The van der Waals surface area contributed by atoms with Crippen LogP contribution >= 0.6 is 11.6 Å². The summed E-state index contributed by atoms with van der Waals surface area (Å²) in [5.41, 5.74) is 1.45. The van der Waals surface area contributed by atoms with E-state index in [0.29, 0.717) is 42.5 Å². The monoisotopic (exact) mass is 473 g/mol. The maximum absolute atomic E-state index is 13.3. The zero-order valence-electron chi connectivity index (χ0n) is 17.8. The summed E-state index contributed by atoms with van der Waals surface area (Å²) < 4.78 is 28.1. The van der Waals surface area contributed by atoms with Gasteiger partial charge in [0.25, 0.3) is 0 Å². The van der Waals surface area contributed by atoms with E-state index in [9.17, 15) is 13.2 Å². The van der Waals surface area contributed by atoms with Crippen molar-refractivity contribution in [2.75, 3.05) is 31.5 Å². The molecule has 0 unspecified atom stereocenters. The molecule has 3 aromatic rings. The molecule has 1 N–H and O–H groups in total. The number of benzene rings is 1. The van der Waals surface area contributed by atoms with Crippen molar-refractivity contribution in [3.05, 3.63) is 59.4 Å². The second-order valence-corrected chi connectivity index (χ2v) is 10.2. The lowest BCUT2D eigenvalue weighted by Gasteiger charge is -2.36. The number of para-hydroxylation sites is 1. The Morgan fingerprint density at radius 3 is 2.53 bits per heavy atom. The molecule has 1 fully saturated rings. The first-order valence-corrected chi connectivity index (χ1v) is 12.1. The second kappa shape index (κ2) is 9.11. The lowest BCUT2D eigenvalue weighted by molar-refractivity contribution is -0.121. The number of piperazine rings is 1. The van der Waals surface area contributed by atoms with Crippen molar-refractivity contribution in [1.82, 2.24) is 19.2 Å². The normalized spacial score (nSPS) is 16.7. The number of halogens is 1. The Hall–Kier alpha value is -2.59. The maximum Gasteiger partial charge on any atom is 0.245 e. The molecule has 0 bridgehead atoms. The van der Waals surface area contributed by atoms with Crippen LogP contribution in [0.1, 0.15) is 12.5 Å². The Morgan fingerprint density at radius 2 is 1.84 bits per heavy atom. The Labute approximate surface area is 192 Å². The maximum atomic E-state index is 13.3. The number of fused-ring (bicyclic) bond motifs is 1. The predicted octanol–water partition coefficient (Wildman–Crippen LogP) is 2.93. The number of carbonyl (C=O) groups excluding carboxylic acids is 1. The lowest BCUT2D eigenvalue weighted by atomic mass is 10.2. The molecule has 1 aliphatic heterocycles. The number of hydrogen-bond donors (Lipinski definition) is 1. The minimum Gasteiger partial charge on any atom is -0.309 e. The molecular formula is C22H24ClN5O3S. The van der Waals surface area contributed by atoms with E-state index in [1.165, 1.54) is 10.5 Å². The van der Waals surface area contributed by atoms with Crippen LogP contribution in [-0.4, -0.2) is 65.7 Å². The number of nitrogens with one attached hydrogen (secondary N) is 1. The van der Waals surface area contributed by atoms with Crippen molar-refractivity contribution in [3.63, 3.8) is 0 Å². The number of carbonyl (C=O) groups is 1. The van der Waals surface area contributed by atoms with Crippen molar-refractivity contribution >= 4 is 44.3 Å². The van der Waals surface area contributed by atoms with Gasteiger partial charge in [0.05, 0.1) is 16.6 Å². The average Bonchev–Trinajstić information content (AvgIpc) is 2.79. The number of aryl methyl sites for hydroxylation is 1. The zero-order chi connectivity index (χ0) is 22.9. The predicted molar refractivity (Wildman–Crippen MR) is 124 cm³/mol. The van der Waals surface area contributed by atoms with Crippen LogP contribution in [0.25, 0.3) is 10.9 Å². The fourth-order valence-corrected chi connectivity index (χ4v) is 5.47. The standard InChI is InChI=1S/C22H24ClN5O3S/c1-15-12-17-4-3-5-19(21(17)25-13-15)32(30,31)28-10-8-27(9-11-28)16(2)22(29)26-20-7-6-18(23)14-24-20/h3-7,12-14,16H,8-11H2,1-2H3,(H,24,26,29)/t16-/m1/s1. The van der Waals surface area contributed by atoms with Gasteiger partial charge >= 0.3 is 0 Å². The number of nitrogens with zero attached hydrogens (tertiary/aromatic N) is 4. The molecule has 1 atom stereocenters. The number of aromatic nitrogens is 2. The van der Waals surface area contributed by atoms with Crippen LogP contribution in [0.4, 0.5) is 5.82 Å². The smallest absolute Gasteiger partial charge is 0.245 e. The Bertz CT molecular complexity index is 1240. The van der Waals surface area contributed by atoms with Gasteiger partial charge in [0.1, 0.15) is 10.7 Å². The van der Waals surface area contributed by atoms with Gasteiger partial charge in [-0.15, -0.1) is 0 Å². The van der Waals surface area contributed by atoms with E-state index in [1.54, 1.807) is 37.4 Å². The summed E-state index contributed by atoms with van der Waals surface area (Å²) in [4.78, 5) is 23.2.